The second-order valence-electron chi connectivity index (χ2n) is 5.87. The van der Waals surface area contributed by atoms with Gasteiger partial charge in [0.1, 0.15) is 0 Å². The fourth-order valence-corrected chi connectivity index (χ4v) is 2.45. The van der Waals surface area contributed by atoms with Crippen LogP contribution in [0.4, 0.5) is 14.5 Å². The maximum Gasteiger partial charge on any atom is 0.245 e. The van der Waals surface area contributed by atoms with Gasteiger partial charge in [-0.05, 0) is 30.0 Å². The maximum absolute atomic E-state index is 13.0. The van der Waals surface area contributed by atoms with Gasteiger partial charge in [0.25, 0.3) is 0 Å². The van der Waals surface area contributed by atoms with Crippen LogP contribution in [0.3, 0.4) is 0 Å². The molecule has 1 nitrogen and oxygen atoms in total. The molecule has 1 atom stereocenters. The summed E-state index contributed by atoms with van der Waals surface area (Å²) in [5, 5.41) is 0. The molecule has 0 radical (unpaired) electrons. The van der Waals surface area contributed by atoms with Gasteiger partial charge in [-0.3, -0.25) is 0 Å². The first kappa shape index (κ1) is 13.3. The van der Waals surface area contributed by atoms with E-state index in [0.29, 0.717) is 18.9 Å². The van der Waals surface area contributed by atoms with Gasteiger partial charge in [0.15, 0.2) is 0 Å². The van der Waals surface area contributed by atoms with E-state index >= 15 is 0 Å². The van der Waals surface area contributed by atoms with Crippen LogP contribution >= 0.6 is 0 Å². The molecule has 1 saturated heterocycles. The van der Waals surface area contributed by atoms with Crippen molar-refractivity contribution in [2.75, 3.05) is 18.0 Å². The number of hydrogen-bond donors (Lipinski definition) is 0. The van der Waals surface area contributed by atoms with Crippen molar-refractivity contribution in [3.8, 4) is 0 Å². The summed E-state index contributed by atoms with van der Waals surface area (Å²) in [5.74, 6) is 0.504. The molecular weight excluding hydrogens is 232 g/mol. The van der Waals surface area contributed by atoms with Gasteiger partial charge in [-0.15, -0.1) is 0 Å². The van der Waals surface area contributed by atoms with E-state index in [2.05, 4.69) is 30.9 Å². The third-order valence-electron chi connectivity index (χ3n) is 3.96. The van der Waals surface area contributed by atoms with Crippen LogP contribution < -0.4 is 4.90 Å². The van der Waals surface area contributed by atoms with Gasteiger partial charge in [0.2, 0.25) is 6.43 Å². The topological polar surface area (TPSA) is 3.24 Å². The third-order valence-corrected chi connectivity index (χ3v) is 3.96. The van der Waals surface area contributed by atoms with E-state index in [1.807, 2.05) is 12.1 Å². The summed E-state index contributed by atoms with van der Waals surface area (Å²) in [6, 6.07) is 8.29. The molecule has 1 fully saturated rings. The smallest absolute Gasteiger partial charge is 0.245 e. The summed E-state index contributed by atoms with van der Waals surface area (Å²) in [5.41, 5.74) is 1.50. The standard InChI is InChI=1S/C15H21F2N/c1-11(2)12-4-6-13(7-5-12)18-9-8-15(3,10-18)14(16)17/h4-7,11,14H,8-10H2,1-3H3/t15-/m0/s1. The SMILES string of the molecule is CC(C)c1ccc(N2CC[C@](C)(C(F)F)C2)cc1. The van der Waals surface area contributed by atoms with Crippen LogP contribution in [0.2, 0.25) is 0 Å². The van der Waals surface area contributed by atoms with Gasteiger partial charge < -0.3 is 4.90 Å². The molecule has 0 saturated carbocycles. The Labute approximate surface area is 108 Å². The number of nitrogens with zero attached hydrogens (tertiary/aromatic N) is 1. The Kier molecular flexibility index (Phi) is 3.60. The Hall–Kier alpha value is -1.12. The van der Waals surface area contributed by atoms with Gasteiger partial charge in [0, 0.05) is 24.2 Å². The lowest BCUT2D eigenvalue weighted by Gasteiger charge is -2.24. The summed E-state index contributed by atoms with van der Waals surface area (Å²) < 4.78 is 25.9. The first-order valence-electron chi connectivity index (χ1n) is 6.55. The lowest BCUT2D eigenvalue weighted by Crippen LogP contribution is -2.30. The summed E-state index contributed by atoms with van der Waals surface area (Å²) in [4.78, 5) is 2.07. The lowest BCUT2D eigenvalue weighted by molar-refractivity contribution is 0.0220. The zero-order chi connectivity index (χ0) is 13.3. The highest BCUT2D eigenvalue weighted by Crippen LogP contribution is 2.38. The predicted molar refractivity (Wildman–Crippen MR) is 71.5 cm³/mol. The molecule has 18 heavy (non-hydrogen) atoms. The minimum Gasteiger partial charge on any atom is -0.371 e. The highest BCUT2D eigenvalue weighted by molar-refractivity contribution is 5.49. The van der Waals surface area contributed by atoms with Gasteiger partial charge in [-0.1, -0.05) is 32.9 Å². The molecule has 3 heteroatoms. The quantitative estimate of drug-likeness (QED) is 0.776. The van der Waals surface area contributed by atoms with E-state index in [1.54, 1.807) is 6.92 Å². The molecule has 0 bridgehead atoms. The Balaban J connectivity index is 2.10. The molecule has 100 valence electrons. The van der Waals surface area contributed by atoms with Gasteiger partial charge in [0.05, 0.1) is 0 Å². The molecule has 0 N–H and O–H groups in total. The minimum absolute atomic E-state index is 0.450. The first-order valence-corrected chi connectivity index (χ1v) is 6.55. The zero-order valence-corrected chi connectivity index (χ0v) is 11.3. The maximum atomic E-state index is 13.0. The molecule has 0 aromatic heterocycles. The van der Waals surface area contributed by atoms with Crippen molar-refractivity contribution in [3.63, 3.8) is 0 Å². The molecule has 0 unspecified atom stereocenters. The molecule has 1 aromatic rings. The van der Waals surface area contributed by atoms with Crippen LogP contribution in [0.5, 0.6) is 0 Å². The predicted octanol–water partition coefficient (Wildman–Crippen LogP) is 4.29. The van der Waals surface area contributed by atoms with Crippen molar-refractivity contribution in [1.82, 2.24) is 0 Å². The van der Waals surface area contributed by atoms with E-state index in [0.717, 1.165) is 12.2 Å². The Morgan fingerprint density at radius 3 is 2.22 bits per heavy atom. The minimum atomic E-state index is -2.24. The summed E-state index contributed by atoms with van der Waals surface area (Å²) in [7, 11) is 0. The third kappa shape index (κ3) is 2.50. The lowest BCUT2D eigenvalue weighted by atomic mass is 9.91. The second kappa shape index (κ2) is 4.87. The number of benzene rings is 1. The fraction of sp³-hybridized carbons (Fsp3) is 0.600. The number of anilines is 1. The van der Waals surface area contributed by atoms with E-state index in [4.69, 9.17) is 0 Å². The van der Waals surface area contributed by atoms with Gasteiger partial charge in [-0.2, -0.15) is 0 Å². The van der Waals surface area contributed by atoms with E-state index in [9.17, 15) is 8.78 Å². The van der Waals surface area contributed by atoms with Crippen LogP contribution in [0, 0.1) is 5.41 Å². The van der Waals surface area contributed by atoms with Crippen molar-refractivity contribution in [1.29, 1.82) is 0 Å². The number of halogens is 2. The van der Waals surface area contributed by atoms with Crippen LogP contribution in [0.25, 0.3) is 0 Å². The van der Waals surface area contributed by atoms with Crippen molar-refractivity contribution in [3.05, 3.63) is 29.8 Å². The van der Waals surface area contributed by atoms with E-state index in [1.165, 1.54) is 5.56 Å². The summed E-state index contributed by atoms with van der Waals surface area (Å²) >= 11 is 0. The van der Waals surface area contributed by atoms with Crippen molar-refractivity contribution in [2.24, 2.45) is 5.41 Å². The molecule has 1 aromatic carbocycles. The molecule has 0 amide bonds. The molecule has 2 rings (SSSR count). The van der Waals surface area contributed by atoms with Crippen LogP contribution in [0.15, 0.2) is 24.3 Å². The molecule has 0 aliphatic carbocycles. The monoisotopic (exact) mass is 253 g/mol. The van der Waals surface area contributed by atoms with Crippen molar-refractivity contribution in [2.45, 2.75) is 39.5 Å². The highest BCUT2D eigenvalue weighted by Gasteiger charge is 2.41. The van der Waals surface area contributed by atoms with Crippen LogP contribution in [-0.2, 0) is 0 Å². The number of hydrogen-bond acceptors (Lipinski definition) is 1. The Morgan fingerprint density at radius 1 is 1.17 bits per heavy atom. The summed E-state index contributed by atoms with van der Waals surface area (Å²) in [6.45, 7) is 7.16. The molecule has 0 spiro atoms. The average Bonchev–Trinajstić information content (AvgIpc) is 2.73. The van der Waals surface area contributed by atoms with E-state index < -0.39 is 11.8 Å². The largest absolute Gasteiger partial charge is 0.371 e. The fourth-order valence-electron chi connectivity index (χ4n) is 2.45. The average molecular weight is 253 g/mol. The number of alkyl halides is 2. The number of rotatable bonds is 3. The highest BCUT2D eigenvalue weighted by atomic mass is 19.3. The Bertz CT molecular complexity index is 399. The normalized spacial score (nSPS) is 24.3. The van der Waals surface area contributed by atoms with Gasteiger partial charge in [-0.25, -0.2) is 8.78 Å². The molecular formula is C15H21F2N. The van der Waals surface area contributed by atoms with Crippen LogP contribution in [-0.4, -0.2) is 19.5 Å². The summed E-state index contributed by atoms with van der Waals surface area (Å²) in [6.07, 6.45) is -1.67. The first-order chi connectivity index (χ1) is 8.42. The van der Waals surface area contributed by atoms with E-state index in [-0.39, 0.29) is 0 Å². The second-order valence-corrected chi connectivity index (χ2v) is 5.87. The zero-order valence-electron chi connectivity index (χ0n) is 11.3. The van der Waals surface area contributed by atoms with Crippen molar-refractivity contribution < 1.29 is 8.78 Å². The van der Waals surface area contributed by atoms with Crippen LogP contribution in [0.1, 0.15) is 38.7 Å². The molecule has 1 aliphatic heterocycles. The molecule has 1 heterocycles. The Morgan fingerprint density at radius 2 is 1.78 bits per heavy atom. The van der Waals surface area contributed by atoms with Crippen molar-refractivity contribution >= 4 is 5.69 Å². The molecule has 1 aliphatic rings. The van der Waals surface area contributed by atoms with Gasteiger partial charge >= 0.3 is 0 Å².